The molecular formula is C22H20ClFN2O3S. The molecule has 0 unspecified atom stereocenters. The van der Waals surface area contributed by atoms with Gasteiger partial charge in [0.05, 0.1) is 22.2 Å². The average Bonchev–Trinajstić information content (AvgIpc) is 2.71. The molecule has 1 N–H and O–H groups in total. The van der Waals surface area contributed by atoms with Gasteiger partial charge in [0.2, 0.25) is 15.9 Å². The molecule has 0 aliphatic rings. The third kappa shape index (κ3) is 5.24. The smallest absolute Gasteiger partial charge is 0.243 e. The maximum absolute atomic E-state index is 14.2. The van der Waals surface area contributed by atoms with Crippen molar-refractivity contribution in [2.75, 3.05) is 11.9 Å². The molecule has 0 saturated heterocycles. The summed E-state index contributed by atoms with van der Waals surface area (Å²) in [6.07, 6.45) is 0. The Kier molecular flexibility index (Phi) is 6.87. The number of aryl methyl sites for hydroxylation is 1. The first-order valence-corrected chi connectivity index (χ1v) is 10.9. The first-order valence-electron chi connectivity index (χ1n) is 9.12. The summed E-state index contributed by atoms with van der Waals surface area (Å²) in [6, 6.07) is 18.7. The molecule has 3 rings (SSSR count). The first-order chi connectivity index (χ1) is 14.3. The largest absolute Gasteiger partial charge is 0.324 e. The van der Waals surface area contributed by atoms with Gasteiger partial charge >= 0.3 is 0 Å². The van der Waals surface area contributed by atoms with Gasteiger partial charge in [-0.3, -0.25) is 4.79 Å². The molecule has 1 amide bonds. The summed E-state index contributed by atoms with van der Waals surface area (Å²) >= 11 is 6.06. The van der Waals surface area contributed by atoms with Crippen LogP contribution < -0.4 is 5.32 Å². The van der Waals surface area contributed by atoms with Crippen LogP contribution in [-0.4, -0.2) is 25.2 Å². The third-order valence-corrected chi connectivity index (χ3v) is 6.57. The maximum atomic E-state index is 14.2. The van der Waals surface area contributed by atoms with Crippen LogP contribution in [0.15, 0.2) is 77.7 Å². The maximum Gasteiger partial charge on any atom is 0.243 e. The molecule has 0 aromatic heterocycles. The van der Waals surface area contributed by atoms with Crippen LogP contribution in [0.1, 0.15) is 11.1 Å². The lowest BCUT2D eigenvalue weighted by atomic mass is 10.2. The Bertz CT molecular complexity index is 1150. The van der Waals surface area contributed by atoms with Crippen LogP contribution in [-0.2, 0) is 21.4 Å². The van der Waals surface area contributed by atoms with Gasteiger partial charge in [0.25, 0.3) is 0 Å². The lowest BCUT2D eigenvalue weighted by Crippen LogP contribution is -2.37. The monoisotopic (exact) mass is 446 g/mol. The number of anilines is 1. The number of nitrogens with one attached hydrogen (secondary N) is 1. The van der Waals surface area contributed by atoms with Gasteiger partial charge in [-0.25, -0.2) is 12.8 Å². The first kappa shape index (κ1) is 22.0. The van der Waals surface area contributed by atoms with Crippen LogP contribution in [0.25, 0.3) is 0 Å². The molecule has 0 bridgehead atoms. The van der Waals surface area contributed by atoms with Gasteiger partial charge in [-0.1, -0.05) is 59.6 Å². The number of hydrogen-bond acceptors (Lipinski definition) is 3. The van der Waals surface area contributed by atoms with Gasteiger partial charge in [0.15, 0.2) is 0 Å². The molecule has 0 saturated carbocycles. The second-order valence-corrected chi connectivity index (χ2v) is 9.05. The van der Waals surface area contributed by atoms with Crippen molar-refractivity contribution in [2.45, 2.75) is 18.4 Å². The van der Waals surface area contributed by atoms with Crippen molar-refractivity contribution in [1.29, 1.82) is 0 Å². The number of halogens is 2. The van der Waals surface area contributed by atoms with E-state index in [9.17, 15) is 17.6 Å². The summed E-state index contributed by atoms with van der Waals surface area (Å²) < 4.78 is 41.6. The number of carbonyl (C=O) groups excluding carboxylic acids is 1. The van der Waals surface area contributed by atoms with Crippen LogP contribution in [0.5, 0.6) is 0 Å². The van der Waals surface area contributed by atoms with E-state index in [1.54, 1.807) is 42.5 Å². The Balaban J connectivity index is 1.91. The molecular weight excluding hydrogens is 427 g/mol. The minimum absolute atomic E-state index is 0.0231. The lowest BCUT2D eigenvalue weighted by molar-refractivity contribution is -0.116. The van der Waals surface area contributed by atoms with Crippen molar-refractivity contribution in [2.24, 2.45) is 0 Å². The highest BCUT2D eigenvalue weighted by Gasteiger charge is 2.28. The van der Waals surface area contributed by atoms with E-state index >= 15 is 0 Å². The summed E-state index contributed by atoms with van der Waals surface area (Å²) in [7, 11) is -4.06. The molecule has 0 radical (unpaired) electrons. The molecule has 0 atom stereocenters. The van der Waals surface area contributed by atoms with Crippen molar-refractivity contribution in [3.8, 4) is 0 Å². The fourth-order valence-electron chi connectivity index (χ4n) is 2.81. The summed E-state index contributed by atoms with van der Waals surface area (Å²) in [6.45, 7) is 1.04. The number of nitrogens with zero attached hydrogens (tertiary/aromatic N) is 1. The molecule has 3 aromatic rings. The van der Waals surface area contributed by atoms with E-state index in [0.29, 0.717) is 10.7 Å². The van der Waals surface area contributed by atoms with Gasteiger partial charge in [0.1, 0.15) is 5.82 Å². The SMILES string of the molecule is Cc1ccc(S(=O)(=O)N(CC(=O)Nc2ccccc2Cl)Cc2ccccc2F)cc1. The van der Waals surface area contributed by atoms with E-state index in [1.165, 1.54) is 30.3 Å². The van der Waals surface area contributed by atoms with Gasteiger partial charge in [-0.15, -0.1) is 0 Å². The normalized spacial score (nSPS) is 11.5. The van der Waals surface area contributed by atoms with E-state index in [-0.39, 0.29) is 17.0 Å². The van der Waals surface area contributed by atoms with Crippen molar-refractivity contribution in [3.05, 3.63) is 94.8 Å². The van der Waals surface area contributed by atoms with Gasteiger partial charge in [-0.2, -0.15) is 4.31 Å². The van der Waals surface area contributed by atoms with Crippen molar-refractivity contribution in [1.82, 2.24) is 4.31 Å². The molecule has 0 heterocycles. The fraction of sp³-hybridized carbons (Fsp3) is 0.136. The molecule has 156 valence electrons. The predicted octanol–water partition coefficient (Wildman–Crippen LogP) is 4.62. The highest BCUT2D eigenvalue weighted by Crippen LogP contribution is 2.23. The van der Waals surface area contributed by atoms with Crippen molar-refractivity contribution < 1.29 is 17.6 Å². The van der Waals surface area contributed by atoms with Crippen molar-refractivity contribution in [3.63, 3.8) is 0 Å². The summed E-state index contributed by atoms with van der Waals surface area (Å²) in [5.74, 6) is -1.14. The van der Waals surface area contributed by atoms with Gasteiger partial charge in [0, 0.05) is 12.1 Å². The Hall–Kier alpha value is -2.74. The Morgan fingerprint density at radius 2 is 1.63 bits per heavy atom. The van der Waals surface area contributed by atoms with E-state index in [1.807, 2.05) is 6.92 Å². The highest BCUT2D eigenvalue weighted by atomic mass is 35.5. The average molecular weight is 447 g/mol. The van der Waals surface area contributed by atoms with Crippen LogP contribution in [0.4, 0.5) is 10.1 Å². The quantitative estimate of drug-likeness (QED) is 0.576. The molecule has 5 nitrogen and oxygen atoms in total. The minimum atomic E-state index is -4.06. The van der Waals surface area contributed by atoms with E-state index in [2.05, 4.69) is 5.32 Å². The summed E-state index contributed by atoms with van der Waals surface area (Å²) in [5, 5.41) is 2.93. The van der Waals surface area contributed by atoms with E-state index in [0.717, 1.165) is 9.87 Å². The number of hydrogen-bond donors (Lipinski definition) is 1. The zero-order valence-electron chi connectivity index (χ0n) is 16.2. The predicted molar refractivity (Wildman–Crippen MR) is 115 cm³/mol. The highest BCUT2D eigenvalue weighted by molar-refractivity contribution is 7.89. The molecule has 0 spiro atoms. The van der Waals surface area contributed by atoms with Crippen LogP contribution in [0.3, 0.4) is 0 Å². The fourth-order valence-corrected chi connectivity index (χ4v) is 4.37. The zero-order valence-corrected chi connectivity index (χ0v) is 17.8. The summed E-state index contributed by atoms with van der Waals surface area (Å²) in [4.78, 5) is 12.6. The number of sulfonamides is 1. The number of amides is 1. The molecule has 0 aliphatic heterocycles. The molecule has 8 heteroatoms. The number of benzene rings is 3. The number of rotatable bonds is 7. The summed E-state index contributed by atoms with van der Waals surface area (Å²) in [5.41, 5.74) is 1.42. The van der Waals surface area contributed by atoms with Crippen LogP contribution >= 0.6 is 11.6 Å². The molecule has 0 aliphatic carbocycles. The molecule has 0 fully saturated rings. The van der Waals surface area contributed by atoms with Gasteiger partial charge < -0.3 is 5.32 Å². The second kappa shape index (κ2) is 9.38. The Morgan fingerprint density at radius 3 is 2.30 bits per heavy atom. The number of para-hydroxylation sites is 1. The van der Waals surface area contributed by atoms with E-state index in [4.69, 9.17) is 11.6 Å². The molecule has 3 aromatic carbocycles. The van der Waals surface area contributed by atoms with E-state index < -0.39 is 28.3 Å². The number of carbonyl (C=O) groups is 1. The van der Waals surface area contributed by atoms with Gasteiger partial charge in [-0.05, 0) is 37.3 Å². The van der Waals surface area contributed by atoms with Crippen molar-refractivity contribution >= 4 is 33.2 Å². The minimum Gasteiger partial charge on any atom is -0.324 e. The Labute approximate surface area is 180 Å². The zero-order chi connectivity index (χ0) is 21.7. The topological polar surface area (TPSA) is 66.5 Å². The molecule has 30 heavy (non-hydrogen) atoms. The lowest BCUT2D eigenvalue weighted by Gasteiger charge is -2.22. The second-order valence-electron chi connectivity index (χ2n) is 6.71. The standard InChI is InChI=1S/C22H20ClFN2O3S/c1-16-10-12-18(13-11-16)30(28,29)26(14-17-6-2-4-8-20(17)24)15-22(27)25-21-9-5-3-7-19(21)23/h2-13H,14-15H2,1H3,(H,25,27). The third-order valence-electron chi connectivity index (χ3n) is 4.43. The Morgan fingerprint density at radius 1 is 1.00 bits per heavy atom. The van der Waals surface area contributed by atoms with Crippen LogP contribution in [0.2, 0.25) is 5.02 Å². The van der Waals surface area contributed by atoms with Crippen LogP contribution in [0, 0.1) is 12.7 Å².